The van der Waals surface area contributed by atoms with E-state index < -0.39 is 0 Å². The number of benzene rings is 2. The molecule has 2 heterocycles. The Morgan fingerprint density at radius 2 is 1.76 bits per heavy atom. The molecule has 3 nitrogen and oxygen atoms in total. The van der Waals surface area contributed by atoms with E-state index in [2.05, 4.69) is 76.9 Å². The molecule has 1 unspecified atom stereocenters. The van der Waals surface area contributed by atoms with Crippen molar-refractivity contribution in [2.75, 3.05) is 19.6 Å². The van der Waals surface area contributed by atoms with E-state index in [1.54, 1.807) is 5.56 Å². The average Bonchev–Trinajstić information content (AvgIpc) is 3.24. The van der Waals surface area contributed by atoms with Gasteiger partial charge in [-0.3, -0.25) is 0 Å². The summed E-state index contributed by atoms with van der Waals surface area (Å²) in [5, 5.41) is 8.85. The number of halogens is 1. The number of aromatic nitrogens is 1. The molecule has 0 spiro atoms. The number of nitrogens with zero attached hydrogens (tertiary/aromatic N) is 1. The number of nitrogens with one attached hydrogen (secondary N) is 2. The molecule has 1 aliphatic carbocycles. The third kappa shape index (κ3) is 6.05. The number of piperidine rings is 1. The van der Waals surface area contributed by atoms with Crippen molar-refractivity contribution in [1.82, 2.24) is 15.2 Å². The first kappa shape index (κ1) is 25.3. The van der Waals surface area contributed by atoms with Crippen LogP contribution < -0.4 is 10.6 Å². The van der Waals surface area contributed by atoms with Crippen molar-refractivity contribution < 1.29 is 0 Å². The first-order valence-electron chi connectivity index (χ1n) is 13.4. The molecule has 1 aliphatic heterocycles. The maximum atomic E-state index is 3.89. The van der Waals surface area contributed by atoms with Gasteiger partial charge in [0.1, 0.15) is 0 Å². The molecule has 2 fully saturated rings. The number of rotatable bonds is 8. The van der Waals surface area contributed by atoms with Crippen molar-refractivity contribution in [3.63, 3.8) is 0 Å². The van der Waals surface area contributed by atoms with E-state index in [9.17, 15) is 0 Å². The second kappa shape index (κ2) is 12.2. The second-order valence-electron chi connectivity index (χ2n) is 10.5. The molecule has 1 aromatic heterocycles. The van der Waals surface area contributed by atoms with Crippen LogP contribution in [0.15, 0.2) is 54.7 Å². The molecule has 0 radical (unpaired) electrons. The van der Waals surface area contributed by atoms with Crippen LogP contribution in [0.25, 0.3) is 10.9 Å². The molecule has 34 heavy (non-hydrogen) atoms. The SMILES string of the molecule is Cc1cccc(CC(CCNC2CCNCC2)c2cn(C3CCCCC3)c3ccccc23)c1.Cl. The lowest BCUT2D eigenvalue weighted by molar-refractivity contribution is 0.359. The first-order chi connectivity index (χ1) is 16.3. The van der Waals surface area contributed by atoms with E-state index in [0.29, 0.717) is 18.0 Å². The summed E-state index contributed by atoms with van der Waals surface area (Å²) in [6.07, 6.45) is 14.2. The summed E-state index contributed by atoms with van der Waals surface area (Å²) >= 11 is 0. The molecule has 3 aromatic rings. The van der Waals surface area contributed by atoms with Gasteiger partial charge in [-0.1, -0.05) is 67.3 Å². The fourth-order valence-corrected chi connectivity index (χ4v) is 6.20. The topological polar surface area (TPSA) is 29.0 Å². The summed E-state index contributed by atoms with van der Waals surface area (Å²) in [6.45, 7) is 5.62. The Morgan fingerprint density at radius 3 is 2.56 bits per heavy atom. The molecular weight excluding hydrogens is 438 g/mol. The highest BCUT2D eigenvalue weighted by Crippen LogP contribution is 2.37. The molecule has 4 heteroatoms. The lowest BCUT2D eigenvalue weighted by Gasteiger charge is -2.25. The summed E-state index contributed by atoms with van der Waals surface area (Å²) < 4.78 is 2.65. The quantitative estimate of drug-likeness (QED) is 0.366. The summed E-state index contributed by atoms with van der Waals surface area (Å²) in [7, 11) is 0. The van der Waals surface area contributed by atoms with E-state index in [-0.39, 0.29) is 12.4 Å². The van der Waals surface area contributed by atoms with Crippen molar-refractivity contribution >= 4 is 23.3 Å². The van der Waals surface area contributed by atoms with Crippen LogP contribution in [0.5, 0.6) is 0 Å². The minimum Gasteiger partial charge on any atom is -0.344 e. The Labute approximate surface area is 212 Å². The van der Waals surface area contributed by atoms with Crippen molar-refractivity contribution in [3.8, 4) is 0 Å². The summed E-state index contributed by atoms with van der Waals surface area (Å²) in [6, 6.07) is 19.7. The molecule has 1 saturated carbocycles. The Balaban J connectivity index is 0.00000274. The van der Waals surface area contributed by atoms with Crippen LogP contribution in [0.4, 0.5) is 0 Å². The van der Waals surface area contributed by atoms with Gasteiger partial charge in [0, 0.05) is 29.2 Å². The van der Waals surface area contributed by atoms with Gasteiger partial charge in [0.15, 0.2) is 0 Å². The van der Waals surface area contributed by atoms with Crippen LogP contribution in [-0.4, -0.2) is 30.2 Å². The van der Waals surface area contributed by atoms with E-state index in [4.69, 9.17) is 0 Å². The number of para-hydroxylation sites is 1. The third-order valence-electron chi connectivity index (χ3n) is 8.01. The number of aryl methyl sites for hydroxylation is 1. The number of fused-ring (bicyclic) bond motifs is 1. The molecule has 0 bridgehead atoms. The molecule has 184 valence electrons. The third-order valence-corrected chi connectivity index (χ3v) is 8.01. The van der Waals surface area contributed by atoms with Crippen molar-refractivity contribution in [2.24, 2.45) is 0 Å². The zero-order chi connectivity index (χ0) is 22.5. The maximum Gasteiger partial charge on any atom is 0.0485 e. The first-order valence-corrected chi connectivity index (χ1v) is 13.4. The van der Waals surface area contributed by atoms with E-state index >= 15 is 0 Å². The lowest BCUT2D eigenvalue weighted by Crippen LogP contribution is -2.40. The smallest absolute Gasteiger partial charge is 0.0485 e. The zero-order valence-electron chi connectivity index (χ0n) is 20.8. The maximum absolute atomic E-state index is 3.89. The molecule has 5 rings (SSSR count). The predicted octanol–water partition coefficient (Wildman–Crippen LogP) is 6.93. The highest BCUT2D eigenvalue weighted by molar-refractivity contribution is 5.85. The Bertz CT molecular complexity index is 1030. The van der Waals surface area contributed by atoms with Crippen molar-refractivity contribution in [2.45, 2.75) is 82.7 Å². The lowest BCUT2D eigenvalue weighted by atomic mass is 9.88. The van der Waals surface area contributed by atoms with Gasteiger partial charge in [-0.2, -0.15) is 0 Å². The Kier molecular flexibility index (Phi) is 9.10. The largest absolute Gasteiger partial charge is 0.344 e. The normalized spacial score (nSPS) is 18.6. The van der Waals surface area contributed by atoms with Crippen molar-refractivity contribution in [3.05, 3.63) is 71.4 Å². The molecule has 1 atom stereocenters. The van der Waals surface area contributed by atoms with Gasteiger partial charge >= 0.3 is 0 Å². The Morgan fingerprint density at radius 1 is 0.971 bits per heavy atom. The molecular formula is C30H42ClN3. The van der Waals surface area contributed by atoms with Crippen molar-refractivity contribution in [1.29, 1.82) is 0 Å². The number of hydrogen-bond acceptors (Lipinski definition) is 2. The minimum absolute atomic E-state index is 0. The monoisotopic (exact) mass is 479 g/mol. The Hall–Kier alpha value is -1.81. The molecule has 2 aliphatic rings. The fourth-order valence-electron chi connectivity index (χ4n) is 6.20. The fraction of sp³-hybridized carbons (Fsp3) is 0.533. The van der Waals surface area contributed by atoms with Gasteiger partial charge in [0.2, 0.25) is 0 Å². The van der Waals surface area contributed by atoms with Crippen LogP contribution in [0.2, 0.25) is 0 Å². The molecule has 0 amide bonds. The molecule has 2 aromatic carbocycles. The van der Waals surface area contributed by atoms with E-state index in [1.807, 2.05) is 0 Å². The van der Waals surface area contributed by atoms with Crippen LogP contribution in [0, 0.1) is 6.92 Å². The number of hydrogen-bond donors (Lipinski definition) is 2. The second-order valence-corrected chi connectivity index (χ2v) is 10.5. The van der Waals surface area contributed by atoms with Gasteiger partial charge < -0.3 is 15.2 Å². The van der Waals surface area contributed by atoms with Gasteiger partial charge in [-0.15, -0.1) is 12.4 Å². The summed E-state index contributed by atoms with van der Waals surface area (Å²) in [5.41, 5.74) is 5.84. The van der Waals surface area contributed by atoms with Crippen LogP contribution in [0.1, 0.15) is 80.0 Å². The zero-order valence-corrected chi connectivity index (χ0v) is 21.6. The highest BCUT2D eigenvalue weighted by Gasteiger charge is 2.23. The molecule has 2 N–H and O–H groups in total. The highest BCUT2D eigenvalue weighted by atomic mass is 35.5. The standard InChI is InChI=1S/C30H41N3.ClH/c1-23-8-7-9-24(20-23)21-25(14-19-32-26-15-17-31-18-16-26)29-22-33(27-10-3-2-4-11-27)30-13-6-5-12-28(29)30;/h5-9,12-13,20,22,25-27,31-32H,2-4,10-11,14-19,21H2,1H3;1H. The minimum atomic E-state index is 0. The van der Waals surface area contributed by atoms with E-state index in [0.717, 1.165) is 26.1 Å². The summed E-state index contributed by atoms with van der Waals surface area (Å²) in [5.74, 6) is 0.538. The van der Waals surface area contributed by atoms with Gasteiger partial charge in [0.25, 0.3) is 0 Å². The van der Waals surface area contributed by atoms with Crippen LogP contribution in [0.3, 0.4) is 0 Å². The predicted molar refractivity (Wildman–Crippen MR) is 147 cm³/mol. The van der Waals surface area contributed by atoms with Crippen LogP contribution >= 0.6 is 12.4 Å². The van der Waals surface area contributed by atoms with E-state index in [1.165, 1.54) is 73.4 Å². The van der Waals surface area contributed by atoms with Gasteiger partial charge in [0.05, 0.1) is 0 Å². The molecule has 1 saturated heterocycles. The van der Waals surface area contributed by atoms with Gasteiger partial charge in [-0.25, -0.2) is 0 Å². The summed E-state index contributed by atoms with van der Waals surface area (Å²) in [4.78, 5) is 0. The average molecular weight is 480 g/mol. The van der Waals surface area contributed by atoms with Gasteiger partial charge in [-0.05, 0) is 88.2 Å². The van der Waals surface area contributed by atoms with Crippen LogP contribution in [-0.2, 0) is 6.42 Å².